The third kappa shape index (κ3) is 6.79. The van der Waals surface area contributed by atoms with Crippen molar-refractivity contribution >= 4 is 24.5 Å². The molecule has 0 aliphatic carbocycles. The molecule has 0 saturated carbocycles. The van der Waals surface area contributed by atoms with Crippen LogP contribution in [0.25, 0.3) is 0 Å². The van der Waals surface area contributed by atoms with Gasteiger partial charge in [0.1, 0.15) is 25.4 Å². The SMILES string of the molecule is COc1ccccc1OC[C@H](O)COC(=O)C(CS)NC(C)=O. The monoisotopic (exact) mass is 343 g/mol. The molecule has 0 aliphatic heterocycles. The number of carbonyl (C=O) groups excluding carboxylic acids is 2. The fourth-order valence-electron chi connectivity index (χ4n) is 1.68. The molecule has 0 aliphatic rings. The number of hydrogen-bond donors (Lipinski definition) is 3. The van der Waals surface area contributed by atoms with Crippen molar-refractivity contribution in [2.24, 2.45) is 0 Å². The van der Waals surface area contributed by atoms with Crippen molar-refractivity contribution in [2.45, 2.75) is 19.1 Å². The van der Waals surface area contributed by atoms with Crippen LogP contribution in [0.3, 0.4) is 0 Å². The Balaban J connectivity index is 2.40. The molecule has 1 aromatic carbocycles. The van der Waals surface area contributed by atoms with Crippen LogP contribution in [0.1, 0.15) is 6.92 Å². The summed E-state index contributed by atoms with van der Waals surface area (Å²) in [5.74, 6) is 0.101. The van der Waals surface area contributed by atoms with Crippen molar-refractivity contribution in [1.82, 2.24) is 5.32 Å². The fraction of sp³-hybridized carbons (Fsp3) is 0.467. The highest BCUT2D eigenvalue weighted by molar-refractivity contribution is 7.80. The van der Waals surface area contributed by atoms with Crippen LogP contribution >= 0.6 is 12.6 Å². The van der Waals surface area contributed by atoms with Gasteiger partial charge in [-0.1, -0.05) is 12.1 Å². The van der Waals surface area contributed by atoms with Crippen LogP contribution in [0, 0.1) is 0 Å². The first-order valence-corrected chi connectivity index (χ1v) is 7.59. The highest BCUT2D eigenvalue weighted by Gasteiger charge is 2.20. The van der Waals surface area contributed by atoms with Crippen LogP contribution in [-0.4, -0.2) is 55.2 Å². The summed E-state index contributed by atoms with van der Waals surface area (Å²) in [6, 6.07) is 6.15. The molecular formula is C15H21NO6S. The minimum Gasteiger partial charge on any atom is -0.493 e. The van der Waals surface area contributed by atoms with E-state index in [9.17, 15) is 14.7 Å². The lowest BCUT2D eigenvalue weighted by molar-refractivity contribution is -0.150. The van der Waals surface area contributed by atoms with Crippen LogP contribution in [0.5, 0.6) is 11.5 Å². The first kappa shape index (κ1) is 19.1. The third-order valence-electron chi connectivity index (χ3n) is 2.76. The number of methoxy groups -OCH3 is 1. The number of ether oxygens (including phenoxy) is 3. The van der Waals surface area contributed by atoms with Gasteiger partial charge in [0.05, 0.1) is 7.11 Å². The quantitative estimate of drug-likeness (QED) is 0.444. The van der Waals surface area contributed by atoms with E-state index in [-0.39, 0.29) is 24.9 Å². The minimum atomic E-state index is -1.01. The summed E-state index contributed by atoms with van der Waals surface area (Å²) >= 11 is 3.97. The third-order valence-corrected chi connectivity index (χ3v) is 3.13. The molecule has 7 nitrogen and oxygen atoms in total. The molecule has 0 heterocycles. The highest BCUT2D eigenvalue weighted by Crippen LogP contribution is 2.25. The maximum absolute atomic E-state index is 11.7. The van der Waals surface area contributed by atoms with Gasteiger partial charge in [-0.25, -0.2) is 4.79 Å². The Morgan fingerprint density at radius 1 is 1.26 bits per heavy atom. The number of para-hydroxylation sites is 2. The zero-order valence-corrected chi connectivity index (χ0v) is 13.9. The second-order valence-corrected chi connectivity index (χ2v) is 5.05. The predicted molar refractivity (Wildman–Crippen MR) is 86.9 cm³/mol. The van der Waals surface area contributed by atoms with Gasteiger partial charge in [-0.15, -0.1) is 0 Å². The number of rotatable bonds is 9. The molecule has 0 aromatic heterocycles. The Hall–Kier alpha value is -1.93. The Morgan fingerprint density at radius 3 is 2.48 bits per heavy atom. The van der Waals surface area contributed by atoms with E-state index < -0.39 is 18.1 Å². The van der Waals surface area contributed by atoms with E-state index in [1.807, 2.05) is 0 Å². The Kier molecular flexibility index (Phi) is 8.28. The molecule has 8 heteroatoms. The average Bonchev–Trinajstić information content (AvgIpc) is 2.55. The van der Waals surface area contributed by atoms with Gasteiger partial charge < -0.3 is 24.6 Å². The van der Waals surface area contributed by atoms with Crippen molar-refractivity contribution in [2.75, 3.05) is 26.1 Å². The summed E-state index contributed by atoms with van der Waals surface area (Å²) in [6.07, 6.45) is -1.01. The number of nitrogens with one attached hydrogen (secondary N) is 1. The first-order chi connectivity index (χ1) is 11.0. The summed E-state index contributed by atoms with van der Waals surface area (Å²) < 4.78 is 15.5. The molecule has 0 saturated heterocycles. The largest absolute Gasteiger partial charge is 0.493 e. The number of hydrogen-bond acceptors (Lipinski definition) is 7. The number of thiol groups is 1. The van der Waals surface area contributed by atoms with Gasteiger partial charge in [-0.3, -0.25) is 4.79 Å². The number of esters is 1. The predicted octanol–water partition coefficient (Wildman–Crippen LogP) is 0.413. The summed E-state index contributed by atoms with van der Waals surface area (Å²) in [5, 5.41) is 12.2. The fourth-order valence-corrected chi connectivity index (χ4v) is 1.92. The number of benzene rings is 1. The molecule has 0 bridgehead atoms. The van der Waals surface area contributed by atoms with E-state index >= 15 is 0 Å². The molecule has 1 unspecified atom stereocenters. The van der Waals surface area contributed by atoms with Crippen LogP contribution in [0.2, 0.25) is 0 Å². The van der Waals surface area contributed by atoms with Gasteiger partial charge in [-0.2, -0.15) is 12.6 Å². The lowest BCUT2D eigenvalue weighted by Gasteiger charge is -2.17. The summed E-state index contributed by atoms with van der Waals surface area (Å²) in [5.41, 5.74) is 0. The molecular weight excluding hydrogens is 322 g/mol. The van der Waals surface area contributed by atoms with Gasteiger partial charge in [0.15, 0.2) is 11.5 Å². The lowest BCUT2D eigenvalue weighted by atomic mass is 10.3. The van der Waals surface area contributed by atoms with Crippen molar-refractivity contribution in [3.8, 4) is 11.5 Å². The number of carbonyl (C=O) groups is 2. The second-order valence-electron chi connectivity index (χ2n) is 4.68. The van der Waals surface area contributed by atoms with Gasteiger partial charge in [0.2, 0.25) is 5.91 Å². The van der Waals surface area contributed by atoms with Crippen LogP contribution in [0.4, 0.5) is 0 Å². The molecule has 0 fully saturated rings. The van der Waals surface area contributed by atoms with E-state index in [0.29, 0.717) is 11.5 Å². The maximum Gasteiger partial charge on any atom is 0.329 e. The topological polar surface area (TPSA) is 94.1 Å². The average molecular weight is 343 g/mol. The standard InChI is InChI=1S/C15H21NO6S/c1-10(17)16-12(9-23)15(19)22-8-11(18)7-21-14-6-4-3-5-13(14)20-2/h3-6,11-12,18,23H,7-9H2,1-2H3,(H,16,17)/t11-,12?/m0/s1. The molecule has 1 rings (SSSR count). The molecule has 23 heavy (non-hydrogen) atoms. The number of amides is 1. The van der Waals surface area contributed by atoms with E-state index in [2.05, 4.69) is 17.9 Å². The van der Waals surface area contributed by atoms with Crippen LogP contribution in [0.15, 0.2) is 24.3 Å². The van der Waals surface area contributed by atoms with Gasteiger partial charge in [0, 0.05) is 12.7 Å². The Morgan fingerprint density at radius 2 is 1.91 bits per heavy atom. The molecule has 128 valence electrons. The summed E-state index contributed by atoms with van der Waals surface area (Å²) in [7, 11) is 1.51. The molecule has 0 spiro atoms. The molecule has 1 amide bonds. The van der Waals surface area contributed by atoms with Crippen molar-refractivity contribution < 1.29 is 28.9 Å². The van der Waals surface area contributed by atoms with Crippen molar-refractivity contribution in [3.05, 3.63) is 24.3 Å². The van der Waals surface area contributed by atoms with E-state index in [1.54, 1.807) is 24.3 Å². The lowest BCUT2D eigenvalue weighted by Crippen LogP contribution is -2.43. The van der Waals surface area contributed by atoms with Gasteiger partial charge in [0.25, 0.3) is 0 Å². The Labute approximate surface area is 140 Å². The van der Waals surface area contributed by atoms with E-state index in [4.69, 9.17) is 14.2 Å². The number of aliphatic hydroxyl groups excluding tert-OH is 1. The first-order valence-electron chi connectivity index (χ1n) is 6.96. The minimum absolute atomic E-state index is 0.0701. The van der Waals surface area contributed by atoms with Crippen LogP contribution < -0.4 is 14.8 Å². The zero-order valence-electron chi connectivity index (χ0n) is 13.0. The van der Waals surface area contributed by atoms with Crippen LogP contribution in [-0.2, 0) is 14.3 Å². The van der Waals surface area contributed by atoms with E-state index in [0.717, 1.165) is 0 Å². The molecule has 0 radical (unpaired) electrons. The summed E-state index contributed by atoms with van der Waals surface area (Å²) in [4.78, 5) is 22.7. The smallest absolute Gasteiger partial charge is 0.329 e. The van der Waals surface area contributed by atoms with Crippen molar-refractivity contribution in [1.29, 1.82) is 0 Å². The zero-order chi connectivity index (χ0) is 17.2. The molecule has 1 aromatic rings. The normalized spacial score (nSPS) is 12.9. The summed E-state index contributed by atoms with van der Waals surface area (Å²) in [6.45, 7) is 0.969. The highest BCUT2D eigenvalue weighted by atomic mass is 32.1. The van der Waals surface area contributed by atoms with Gasteiger partial charge >= 0.3 is 5.97 Å². The molecule has 2 N–H and O–H groups in total. The molecule has 2 atom stereocenters. The van der Waals surface area contributed by atoms with E-state index in [1.165, 1.54) is 14.0 Å². The number of aliphatic hydroxyl groups is 1. The van der Waals surface area contributed by atoms with Crippen molar-refractivity contribution in [3.63, 3.8) is 0 Å². The maximum atomic E-state index is 11.7. The van der Waals surface area contributed by atoms with Gasteiger partial charge in [-0.05, 0) is 12.1 Å². The second kappa shape index (κ2) is 9.96. The Bertz CT molecular complexity index is 524.